The Hall–Kier alpha value is -1.74. The van der Waals surface area contributed by atoms with E-state index in [9.17, 15) is 10.2 Å². The average molecular weight is 289 g/mol. The lowest BCUT2D eigenvalue weighted by Crippen LogP contribution is -1.79. The first-order valence-corrected chi connectivity index (χ1v) is 5.99. The molecular weight excluding hydrogens is 280 g/mol. The Morgan fingerprint density at radius 2 is 1.41 bits per heavy atom. The number of fused-ring (bicyclic) bond motifs is 2. The number of aromatic hydroxyl groups is 2. The van der Waals surface area contributed by atoms with Crippen LogP contribution in [0.2, 0.25) is 0 Å². The summed E-state index contributed by atoms with van der Waals surface area (Å²) in [6.45, 7) is 0. The third-order valence-corrected chi connectivity index (χ3v) is 3.51. The van der Waals surface area contributed by atoms with Gasteiger partial charge in [0.25, 0.3) is 0 Å². The summed E-state index contributed by atoms with van der Waals surface area (Å²) in [7, 11) is 0. The number of rotatable bonds is 0. The molecule has 0 amide bonds. The van der Waals surface area contributed by atoms with E-state index >= 15 is 0 Å². The van der Waals surface area contributed by atoms with Crippen LogP contribution in [0.4, 0.5) is 0 Å². The quantitative estimate of drug-likeness (QED) is 0.482. The molecule has 0 saturated heterocycles. The normalized spacial score (nSPS) is 11.1. The van der Waals surface area contributed by atoms with E-state index in [4.69, 9.17) is 0 Å². The molecule has 0 aliphatic heterocycles. The van der Waals surface area contributed by atoms with Gasteiger partial charge in [0, 0.05) is 5.39 Å². The van der Waals surface area contributed by atoms with Crippen molar-refractivity contribution in [3.05, 3.63) is 46.9 Å². The second-order valence-electron chi connectivity index (χ2n) is 3.98. The molecule has 0 unspecified atom stereocenters. The molecule has 2 N–H and O–H groups in total. The van der Waals surface area contributed by atoms with Crippen molar-refractivity contribution in [2.24, 2.45) is 0 Å². The summed E-state index contributed by atoms with van der Waals surface area (Å²) >= 11 is 3.22. The summed E-state index contributed by atoms with van der Waals surface area (Å²) in [5, 5.41) is 23.3. The maximum absolute atomic E-state index is 9.92. The van der Waals surface area contributed by atoms with E-state index in [2.05, 4.69) is 15.9 Å². The van der Waals surface area contributed by atoms with Crippen LogP contribution in [-0.4, -0.2) is 10.2 Å². The van der Waals surface area contributed by atoms with Crippen LogP contribution in [0.15, 0.2) is 46.9 Å². The molecule has 0 heterocycles. The summed E-state index contributed by atoms with van der Waals surface area (Å²) in [5.41, 5.74) is 0. The zero-order valence-corrected chi connectivity index (χ0v) is 10.4. The second kappa shape index (κ2) is 3.64. The van der Waals surface area contributed by atoms with Gasteiger partial charge in [-0.25, -0.2) is 0 Å². The van der Waals surface area contributed by atoms with Crippen molar-refractivity contribution < 1.29 is 10.2 Å². The highest BCUT2D eigenvalue weighted by atomic mass is 79.9. The van der Waals surface area contributed by atoms with Gasteiger partial charge in [0.05, 0.1) is 4.47 Å². The predicted molar refractivity (Wildman–Crippen MR) is 72.5 cm³/mol. The van der Waals surface area contributed by atoms with Crippen LogP contribution < -0.4 is 0 Å². The third kappa shape index (κ3) is 1.54. The fraction of sp³-hybridized carbons (Fsp3) is 0. The van der Waals surface area contributed by atoms with Gasteiger partial charge in [0.1, 0.15) is 0 Å². The first kappa shape index (κ1) is 10.4. The molecule has 0 fully saturated rings. The summed E-state index contributed by atoms with van der Waals surface area (Å²) < 4.78 is 0.498. The van der Waals surface area contributed by atoms with Crippen molar-refractivity contribution in [2.45, 2.75) is 0 Å². The van der Waals surface area contributed by atoms with Gasteiger partial charge in [-0.15, -0.1) is 0 Å². The Morgan fingerprint density at radius 1 is 0.765 bits per heavy atom. The van der Waals surface area contributed by atoms with Gasteiger partial charge in [0.15, 0.2) is 11.5 Å². The molecule has 0 radical (unpaired) electrons. The maximum Gasteiger partial charge on any atom is 0.172 e. The highest BCUT2D eigenvalue weighted by Crippen LogP contribution is 2.41. The standard InChI is InChI=1S/C14H9BrO2/c15-12-7-10-5-8-3-1-2-4-9(8)6-11(10)13(16)14(12)17/h1-7,16-17H. The Kier molecular flexibility index (Phi) is 2.23. The summed E-state index contributed by atoms with van der Waals surface area (Å²) in [4.78, 5) is 0. The summed E-state index contributed by atoms with van der Waals surface area (Å²) in [6, 6.07) is 13.6. The van der Waals surface area contributed by atoms with Gasteiger partial charge >= 0.3 is 0 Å². The molecule has 84 valence electrons. The lowest BCUT2D eigenvalue weighted by Gasteiger charge is -2.07. The number of hydrogen-bond donors (Lipinski definition) is 2. The Morgan fingerprint density at radius 3 is 2.12 bits per heavy atom. The Bertz CT molecular complexity index is 735. The molecule has 17 heavy (non-hydrogen) atoms. The van der Waals surface area contributed by atoms with Crippen molar-refractivity contribution >= 4 is 37.5 Å². The number of hydrogen-bond acceptors (Lipinski definition) is 2. The number of halogens is 1. The van der Waals surface area contributed by atoms with Crippen LogP contribution >= 0.6 is 15.9 Å². The van der Waals surface area contributed by atoms with E-state index in [0.29, 0.717) is 9.86 Å². The fourth-order valence-corrected chi connectivity index (χ4v) is 2.46. The highest BCUT2D eigenvalue weighted by molar-refractivity contribution is 9.10. The molecule has 0 aliphatic carbocycles. The van der Waals surface area contributed by atoms with Crippen molar-refractivity contribution in [2.75, 3.05) is 0 Å². The van der Waals surface area contributed by atoms with Gasteiger partial charge in [-0.3, -0.25) is 0 Å². The Balaban J connectivity index is 2.52. The molecule has 3 aromatic rings. The summed E-state index contributed by atoms with van der Waals surface area (Å²) in [6.07, 6.45) is 0. The molecule has 0 saturated carbocycles. The SMILES string of the molecule is Oc1c(Br)cc2cc3ccccc3cc2c1O. The molecule has 0 bridgehead atoms. The minimum atomic E-state index is -0.118. The zero-order valence-electron chi connectivity index (χ0n) is 8.81. The molecule has 0 aromatic heterocycles. The lowest BCUT2D eigenvalue weighted by molar-refractivity contribution is 0.406. The van der Waals surface area contributed by atoms with Crippen molar-refractivity contribution in [3.8, 4) is 11.5 Å². The molecule has 3 aromatic carbocycles. The smallest absolute Gasteiger partial charge is 0.172 e. The van der Waals surface area contributed by atoms with Crippen LogP contribution in [-0.2, 0) is 0 Å². The minimum Gasteiger partial charge on any atom is -0.504 e. The zero-order chi connectivity index (χ0) is 12.0. The van der Waals surface area contributed by atoms with Crippen molar-refractivity contribution in [1.29, 1.82) is 0 Å². The van der Waals surface area contributed by atoms with Crippen LogP contribution in [0.1, 0.15) is 0 Å². The van der Waals surface area contributed by atoms with E-state index in [-0.39, 0.29) is 11.5 Å². The minimum absolute atomic E-state index is 0.0832. The molecule has 3 rings (SSSR count). The molecular formula is C14H9BrO2. The monoisotopic (exact) mass is 288 g/mol. The number of phenols is 2. The van der Waals surface area contributed by atoms with Gasteiger partial charge in [-0.2, -0.15) is 0 Å². The number of benzene rings is 3. The van der Waals surface area contributed by atoms with Gasteiger partial charge in [-0.1, -0.05) is 24.3 Å². The second-order valence-corrected chi connectivity index (χ2v) is 4.83. The molecule has 2 nitrogen and oxygen atoms in total. The van der Waals surface area contributed by atoms with Crippen LogP contribution in [0, 0.1) is 0 Å². The van der Waals surface area contributed by atoms with Crippen molar-refractivity contribution in [1.82, 2.24) is 0 Å². The van der Waals surface area contributed by atoms with Gasteiger partial charge in [-0.05, 0) is 50.3 Å². The Labute approximate surface area is 106 Å². The lowest BCUT2D eigenvalue weighted by atomic mass is 10.0. The summed E-state index contributed by atoms with van der Waals surface area (Å²) in [5.74, 6) is -0.201. The molecule has 0 atom stereocenters. The van der Waals surface area contributed by atoms with E-state index in [0.717, 1.165) is 16.2 Å². The van der Waals surface area contributed by atoms with Crippen LogP contribution in [0.5, 0.6) is 11.5 Å². The molecule has 0 spiro atoms. The fourth-order valence-electron chi connectivity index (χ4n) is 2.03. The predicted octanol–water partition coefficient (Wildman–Crippen LogP) is 4.17. The topological polar surface area (TPSA) is 40.5 Å². The van der Waals surface area contributed by atoms with E-state index in [1.807, 2.05) is 36.4 Å². The first-order valence-electron chi connectivity index (χ1n) is 5.20. The maximum atomic E-state index is 9.92. The van der Waals surface area contributed by atoms with E-state index < -0.39 is 0 Å². The van der Waals surface area contributed by atoms with Crippen LogP contribution in [0.25, 0.3) is 21.5 Å². The molecule has 3 heteroatoms. The van der Waals surface area contributed by atoms with E-state index in [1.54, 1.807) is 6.07 Å². The average Bonchev–Trinajstić information content (AvgIpc) is 2.34. The highest BCUT2D eigenvalue weighted by Gasteiger charge is 2.10. The van der Waals surface area contributed by atoms with Crippen molar-refractivity contribution in [3.63, 3.8) is 0 Å². The first-order chi connectivity index (χ1) is 8.16. The number of phenolic OH excluding ortho intramolecular Hbond substituents is 2. The largest absolute Gasteiger partial charge is 0.504 e. The molecule has 0 aliphatic rings. The van der Waals surface area contributed by atoms with Crippen LogP contribution in [0.3, 0.4) is 0 Å². The van der Waals surface area contributed by atoms with Gasteiger partial charge < -0.3 is 10.2 Å². The van der Waals surface area contributed by atoms with Gasteiger partial charge in [0.2, 0.25) is 0 Å². The van der Waals surface area contributed by atoms with E-state index in [1.165, 1.54) is 0 Å². The third-order valence-electron chi connectivity index (χ3n) is 2.91.